The van der Waals surface area contributed by atoms with Gasteiger partial charge < -0.3 is 14.6 Å². The maximum absolute atomic E-state index is 12.9. The first-order chi connectivity index (χ1) is 11.7. The minimum atomic E-state index is -1.62. The van der Waals surface area contributed by atoms with Gasteiger partial charge in [-0.15, -0.1) is 0 Å². The van der Waals surface area contributed by atoms with Gasteiger partial charge in [0.05, 0.1) is 0 Å². The highest BCUT2D eigenvalue weighted by Gasteiger charge is 2.59. The summed E-state index contributed by atoms with van der Waals surface area (Å²) in [4.78, 5) is 12.9. The standard InChI is InChI=1S/C20H21ClO4/c1-19(2,3)18-24-17(23)20(25-18,14-7-5-4-6-8-14)16(22)13-9-11-15(21)12-10-13/h4-12,16,18,22H,1-3H3/t16?,18-,20?/m1/s1. The van der Waals surface area contributed by atoms with E-state index in [1.165, 1.54) is 0 Å². The number of esters is 1. The molecule has 1 aliphatic rings. The van der Waals surface area contributed by atoms with E-state index in [-0.39, 0.29) is 0 Å². The largest absolute Gasteiger partial charge is 0.433 e. The fraction of sp³-hybridized carbons (Fsp3) is 0.350. The average Bonchev–Trinajstić information content (AvgIpc) is 2.94. The van der Waals surface area contributed by atoms with Crippen molar-refractivity contribution >= 4 is 17.6 Å². The molecule has 2 aromatic carbocycles. The van der Waals surface area contributed by atoms with Crippen LogP contribution in [0.3, 0.4) is 0 Å². The monoisotopic (exact) mass is 360 g/mol. The van der Waals surface area contributed by atoms with Crippen LogP contribution < -0.4 is 0 Å². The number of hydrogen-bond acceptors (Lipinski definition) is 4. The van der Waals surface area contributed by atoms with Crippen molar-refractivity contribution in [1.29, 1.82) is 0 Å². The Kier molecular flexibility index (Phi) is 4.62. The number of aliphatic hydroxyl groups is 1. The maximum atomic E-state index is 12.9. The normalized spacial score (nSPS) is 24.8. The number of aliphatic hydroxyl groups excluding tert-OH is 1. The van der Waals surface area contributed by atoms with Crippen molar-refractivity contribution in [3.63, 3.8) is 0 Å². The molecule has 1 heterocycles. The Bertz CT molecular complexity index is 752. The van der Waals surface area contributed by atoms with Crippen LogP contribution in [0.4, 0.5) is 0 Å². The molecule has 1 saturated heterocycles. The van der Waals surface area contributed by atoms with Crippen LogP contribution in [-0.4, -0.2) is 17.4 Å². The summed E-state index contributed by atoms with van der Waals surface area (Å²) < 4.78 is 11.6. The molecule has 4 nitrogen and oxygen atoms in total. The van der Waals surface area contributed by atoms with Crippen molar-refractivity contribution in [3.05, 3.63) is 70.7 Å². The number of ether oxygens (including phenoxy) is 2. The van der Waals surface area contributed by atoms with Gasteiger partial charge in [-0.25, -0.2) is 4.79 Å². The van der Waals surface area contributed by atoms with E-state index in [1.54, 1.807) is 48.5 Å². The van der Waals surface area contributed by atoms with Gasteiger partial charge in [-0.1, -0.05) is 74.8 Å². The summed E-state index contributed by atoms with van der Waals surface area (Å²) in [7, 11) is 0. The highest BCUT2D eigenvalue weighted by atomic mass is 35.5. The molecule has 3 rings (SSSR count). The zero-order valence-corrected chi connectivity index (χ0v) is 15.2. The Labute approximate surface area is 152 Å². The predicted molar refractivity (Wildman–Crippen MR) is 95.0 cm³/mol. The average molecular weight is 361 g/mol. The molecule has 5 heteroatoms. The van der Waals surface area contributed by atoms with Gasteiger partial charge in [0.2, 0.25) is 11.9 Å². The van der Waals surface area contributed by atoms with Crippen LogP contribution in [0.15, 0.2) is 54.6 Å². The highest BCUT2D eigenvalue weighted by Crippen LogP contribution is 2.48. The van der Waals surface area contributed by atoms with Crippen LogP contribution in [0.1, 0.15) is 38.0 Å². The third-order valence-corrected chi connectivity index (χ3v) is 4.54. The van der Waals surface area contributed by atoms with Crippen LogP contribution >= 0.6 is 11.6 Å². The van der Waals surface area contributed by atoms with Crippen LogP contribution in [0.2, 0.25) is 5.02 Å². The van der Waals surface area contributed by atoms with Crippen LogP contribution in [-0.2, 0) is 19.9 Å². The van der Waals surface area contributed by atoms with Gasteiger partial charge in [0.1, 0.15) is 6.10 Å². The lowest BCUT2D eigenvalue weighted by Crippen LogP contribution is -2.41. The smallest absolute Gasteiger partial charge is 0.348 e. The summed E-state index contributed by atoms with van der Waals surface area (Å²) in [6.45, 7) is 5.75. The van der Waals surface area contributed by atoms with E-state index in [1.807, 2.05) is 26.8 Å². The Morgan fingerprint density at radius 1 is 1.08 bits per heavy atom. The van der Waals surface area contributed by atoms with E-state index in [0.29, 0.717) is 16.1 Å². The fourth-order valence-corrected chi connectivity index (χ4v) is 2.99. The van der Waals surface area contributed by atoms with Crippen LogP contribution in [0.25, 0.3) is 0 Å². The summed E-state index contributed by atoms with van der Waals surface area (Å²) in [5.74, 6) is -0.596. The Balaban J connectivity index is 2.11. The lowest BCUT2D eigenvalue weighted by Gasteiger charge is -2.32. The van der Waals surface area contributed by atoms with Gasteiger partial charge in [0.25, 0.3) is 0 Å². The lowest BCUT2D eigenvalue weighted by molar-refractivity contribution is -0.175. The number of halogens is 1. The molecule has 0 aliphatic carbocycles. The highest BCUT2D eigenvalue weighted by molar-refractivity contribution is 6.30. The molecule has 2 aromatic rings. The van der Waals surface area contributed by atoms with E-state index < -0.39 is 29.4 Å². The number of hydrogen-bond donors (Lipinski definition) is 1. The third-order valence-electron chi connectivity index (χ3n) is 4.29. The van der Waals surface area contributed by atoms with Gasteiger partial charge >= 0.3 is 5.97 Å². The molecule has 25 heavy (non-hydrogen) atoms. The second kappa shape index (κ2) is 6.45. The molecule has 132 valence electrons. The summed E-state index contributed by atoms with van der Waals surface area (Å²) in [6, 6.07) is 15.6. The fourth-order valence-electron chi connectivity index (χ4n) is 2.86. The first kappa shape index (κ1) is 17.9. The molecule has 1 aliphatic heterocycles. The molecule has 3 atom stereocenters. The zero-order valence-electron chi connectivity index (χ0n) is 14.4. The maximum Gasteiger partial charge on any atom is 0.348 e. The SMILES string of the molecule is CC(C)(C)[C@@H]1OC(=O)C(c2ccccc2)(C(O)c2ccc(Cl)cc2)O1. The van der Waals surface area contributed by atoms with Crippen LogP contribution in [0, 0.1) is 5.41 Å². The van der Waals surface area contributed by atoms with Crippen molar-refractivity contribution in [2.24, 2.45) is 5.41 Å². The molecule has 0 amide bonds. The number of carbonyl (C=O) groups excluding carboxylic acids is 1. The number of cyclic esters (lactones) is 1. The first-order valence-electron chi connectivity index (χ1n) is 8.13. The van der Waals surface area contributed by atoms with Crippen LogP contribution in [0.5, 0.6) is 0 Å². The van der Waals surface area contributed by atoms with Gasteiger partial charge in [0.15, 0.2) is 0 Å². The Morgan fingerprint density at radius 2 is 1.68 bits per heavy atom. The Hall–Kier alpha value is -1.88. The second-order valence-electron chi connectivity index (χ2n) is 7.28. The quantitative estimate of drug-likeness (QED) is 0.833. The molecule has 0 radical (unpaired) electrons. The van der Waals surface area contributed by atoms with E-state index in [2.05, 4.69) is 0 Å². The first-order valence-corrected chi connectivity index (χ1v) is 8.51. The van der Waals surface area contributed by atoms with Gasteiger partial charge in [0, 0.05) is 10.4 Å². The predicted octanol–water partition coefficient (Wildman–Crippen LogP) is 4.21. The molecular formula is C20H21ClO4. The lowest BCUT2D eigenvalue weighted by atomic mass is 9.84. The minimum Gasteiger partial charge on any atom is -0.433 e. The number of carbonyl (C=O) groups is 1. The van der Waals surface area contributed by atoms with Crippen molar-refractivity contribution in [3.8, 4) is 0 Å². The van der Waals surface area contributed by atoms with E-state index in [9.17, 15) is 9.90 Å². The molecule has 0 saturated carbocycles. The topological polar surface area (TPSA) is 55.8 Å². The second-order valence-corrected chi connectivity index (χ2v) is 7.71. The number of benzene rings is 2. The summed E-state index contributed by atoms with van der Waals surface area (Å²) >= 11 is 5.93. The molecule has 1 N–H and O–H groups in total. The van der Waals surface area contributed by atoms with Crippen molar-refractivity contribution in [2.45, 2.75) is 38.8 Å². The molecule has 0 bridgehead atoms. The van der Waals surface area contributed by atoms with E-state index >= 15 is 0 Å². The molecule has 2 unspecified atom stereocenters. The summed E-state index contributed by atoms with van der Waals surface area (Å²) in [5.41, 5.74) is -0.965. The third kappa shape index (κ3) is 3.17. The molecule has 0 spiro atoms. The van der Waals surface area contributed by atoms with Crippen molar-refractivity contribution < 1.29 is 19.4 Å². The summed E-state index contributed by atoms with van der Waals surface area (Å²) in [5, 5.41) is 11.6. The van der Waals surface area contributed by atoms with Gasteiger partial charge in [-0.05, 0) is 23.3 Å². The van der Waals surface area contributed by atoms with E-state index in [4.69, 9.17) is 21.1 Å². The molecular weight excluding hydrogens is 340 g/mol. The van der Waals surface area contributed by atoms with E-state index in [0.717, 1.165) is 0 Å². The molecule has 1 fully saturated rings. The van der Waals surface area contributed by atoms with Crippen molar-refractivity contribution in [1.82, 2.24) is 0 Å². The minimum absolute atomic E-state index is 0.425. The number of rotatable bonds is 3. The van der Waals surface area contributed by atoms with Gasteiger partial charge in [-0.3, -0.25) is 0 Å². The molecule has 0 aromatic heterocycles. The van der Waals surface area contributed by atoms with Crippen molar-refractivity contribution in [2.75, 3.05) is 0 Å². The Morgan fingerprint density at radius 3 is 2.20 bits per heavy atom. The zero-order chi connectivity index (χ0) is 18.2. The summed E-state index contributed by atoms with van der Waals surface area (Å²) in [6.07, 6.45) is -1.99. The van der Waals surface area contributed by atoms with Gasteiger partial charge in [-0.2, -0.15) is 0 Å².